The molecular formula is C25H19ClF3N3O5. The van der Waals surface area contributed by atoms with E-state index in [0.29, 0.717) is 21.9 Å². The van der Waals surface area contributed by atoms with E-state index in [0.717, 1.165) is 29.7 Å². The minimum atomic E-state index is -5.08. The molecule has 0 aliphatic carbocycles. The number of nitrogens with one attached hydrogen (secondary N) is 2. The lowest BCUT2D eigenvalue weighted by atomic mass is 10.00. The molecule has 3 aromatic carbocycles. The van der Waals surface area contributed by atoms with Crippen molar-refractivity contribution in [3.63, 3.8) is 0 Å². The van der Waals surface area contributed by atoms with Crippen molar-refractivity contribution in [2.45, 2.75) is 26.2 Å². The standard InChI is InChI=1S/C23H18ClN3O3.C2HF3O2/c1-12-2-5-16(7-17(12)22(28)29)30-23-26-20-8-18(19(24)9-21(20)27-23)13-3-4-14-10-25-11-15(14)6-13;3-2(4,5)1(6)7/h2-9,25H,10-11H2,1H3,(H,26,27)(H,28,29);(H,6,7). The third-order valence-electron chi connectivity index (χ3n) is 5.59. The Labute approximate surface area is 212 Å². The smallest absolute Gasteiger partial charge is 0.478 e. The number of aromatic amines is 1. The van der Waals surface area contributed by atoms with Crippen LogP contribution in [0.25, 0.3) is 22.2 Å². The highest BCUT2D eigenvalue weighted by atomic mass is 35.5. The number of rotatable bonds is 4. The number of carboxylic acids is 2. The lowest BCUT2D eigenvalue weighted by molar-refractivity contribution is -0.192. The maximum atomic E-state index is 11.4. The van der Waals surface area contributed by atoms with Crippen molar-refractivity contribution in [1.29, 1.82) is 0 Å². The van der Waals surface area contributed by atoms with Crippen molar-refractivity contribution in [3.05, 3.63) is 75.8 Å². The summed E-state index contributed by atoms with van der Waals surface area (Å²) in [6, 6.07) is 15.3. The van der Waals surface area contributed by atoms with Gasteiger partial charge in [-0.1, -0.05) is 29.8 Å². The van der Waals surface area contributed by atoms with Crippen LogP contribution in [0.15, 0.2) is 48.5 Å². The molecule has 1 aliphatic heterocycles. The molecule has 0 fully saturated rings. The molecule has 0 saturated heterocycles. The number of fused-ring (bicyclic) bond motifs is 2. The summed E-state index contributed by atoms with van der Waals surface area (Å²) in [7, 11) is 0. The lowest BCUT2D eigenvalue weighted by Crippen LogP contribution is -2.21. The van der Waals surface area contributed by atoms with Gasteiger partial charge in [-0.15, -0.1) is 0 Å². The molecule has 12 heteroatoms. The molecule has 0 unspecified atom stereocenters. The average Bonchev–Trinajstić information content (AvgIpc) is 3.44. The summed E-state index contributed by atoms with van der Waals surface area (Å²) in [5, 5.41) is 20.4. The second-order valence-electron chi connectivity index (χ2n) is 8.17. The third-order valence-corrected chi connectivity index (χ3v) is 5.91. The number of hydrogen-bond acceptors (Lipinski definition) is 5. The number of benzene rings is 3. The minimum Gasteiger partial charge on any atom is -0.478 e. The first-order valence-electron chi connectivity index (χ1n) is 10.8. The number of aromatic carboxylic acids is 1. The topological polar surface area (TPSA) is 125 Å². The fourth-order valence-corrected chi connectivity index (χ4v) is 4.02. The fraction of sp³-hybridized carbons (Fsp3) is 0.160. The Morgan fingerprint density at radius 3 is 2.41 bits per heavy atom. The van der Waals surface area contributed by atoms with E-state index in [9.17, 15) is 23.1 Å². The number of H-pyrrole nitrogens is 1. The number of imidazole rings is 1. The van der Waals surface area contributed by atoms with E-state index >= 15 is 0 Å². The molecule has 37 heavy (non-hydrogen) atoms. The van der Waals surface area contributed by atoms with Gasteiger partial charge in [0.1, 0.15) is 5.75 Å². The second kappa shape index (κ2) is 10.1. The molecule has 2 heterocycles. The molecule has 1 aromatic heterocycles. The van der Waals surface area contributed by atoms with Crippen molar-refractivity contribution in [3.8, 4) is 22.9 Å². The van der Waals surface area contributed by atoms with Crippen LogP contribution in [-0.4, -0.2) is 38.3 Å². The van der Waals surface area contributed by atoms with E-state index in [1.807, 2.05) is 12.1 Å². The SMILES string of the molecule is Cc1ccc(Oc2nc3cc(-c4ccc5c(c4)CNC5)c(Cl)cc3[nH]2)cc1C(=O)O.O=C(O)C(F)(F)F. The van der Waals surface area contributed by atoms with Gasteiger partial charge in [-0.3, -0.25) is 0 Å². The largest absolute Gasteiger partial charge is 0.490 e. The number of aromatic nitrogens is 2. The highest BCUT2D eigenvalue weighted by Crippen LogP contribution is 2.34. The Morgan fingerprint density at radius 1 is 1.03 bits per heavy atom. The van der Waals surface area contributed by atoms with Gasteiger partial charge in [0.05, 0.1) is 21.6 Å². The molecule has 0 atom stereocenters. The van der Waals surface area contributed by atoms with Gasteiger partial charge in [0.15, 0.2) is 0 Å². The number of halogens is 4. The highest BCUT2D eigenvalue weighted by molar-refractivity contribution is 6.34. The minimum absolute atomic E-state index is 0.194. The van der Waals surface area contributed by atoms with E-state index in [-0.39, 0.29) is 11.6 Å². The zero-order valence-electron chi connectivity index (χ0n) is 19.1. The van der Waals surface area contributed by atoms with Gasteiger partial charge >= 0.3 is 18.1 Å². The van der Waals surface area contributed by atoms with Crippen LogP contribution in [-0.2, 0) is 17.9 Å². The molecule has 4 N–H and O–H groups in total. The van der Waals surface area contributed by atoms with E-state index in [2.05, 4.69) is 33.5 Å². The summed E-state index contributed by atoms with van der Waals surface area (Å²) in [4.78, 5) is 27.8. The number of carbonyl (C=O) groups is 2. The van der Waals surface area contributed by atoms with Crippen molar-refractivity contribution in [2.24, 2.45) is 0 Å². The van der Waals surface area contributed by atoms with Crippen molar-refractivity contribution in [2.75, 3.05) is 0 Å². The van der Waals surface area contributed by atoms with Gasteiger partial charge < -0.3 is 25.3 Å². The fourth-order valence-electron chi connectivity index (χ4n) is 3.75. The number of aryl methyl sites for hydroxylation is 1. The molecular weight excluding hydrogens is 515 g/mol. The number of aliphatic carboxylic acids is 1. The van der Waals surface area contributed by atoms with E-state index in [4.69, 9.17) is 26.2 Å². The van der Waals surface area contributed by atoms with E-state index < -0.39 is 18.1 Å². The van der Waals surface area contributed by atoms with Gasteiger partial charge in [0.25, 0.3) is 6.01 Å². The summed E-state index contributed by atoms with van der Waals surface area (Å²) >= 11 is 6.56. The number of alkyl halides is 3. The molecule has 192 valence electrons. The Morgan fingerprint density at radius 2 is 1.73 bits per heavy atom. The summed E-state index contributed by atoms with van der Waals surface area (Å²) in [6.07, 6.45) is -5.08. The van der Waals surface area contributed by atoms with Gasteiger partial charge in [-0.05, 0) is 59.5 Å². The van der Waals surface area contributed by atoms with Crippen molar-refractivity contribution in [1.82, 2.24) is 15.3 Å². The molecule has 5 rings (SSSR count). The Hall–Kier alpha value is -4.09. The van der Waals surface area contributed by atoms with Crippen LogP contribution in [0.3, 0.4) is 0 Å². The van der Waals surface area contributed by atoms with Gasteiger partial charge in [-0.25, -0.2) is 9.59 Å². The Kier molecular flexibility index (Phi) is 7.10. The number of ether oxygens (including phenoxy) is 1. The molecule has 0 bridgehead atoms. The van der Waals surface area contributed by atoms with Gasteiger partial charge in [-0.2, -0.15) is 18.2 Å². The highest BCUT2D eigenvalue weighted by Gasteiger charge is 2.38. The van der Waals surface area contributed by atoms with Crippen LogP contribution < -0.4 is 10.1 Å². The Bertz CT molecular complexity index is 1520. The molecule has 1 aliphatic rings. The predicted molar refractivity (Wildman–Crippen MR) is 129 cm³/mol. The van der Waals surface area contributed by atoms with Crippen LogP contribution in [0.4, 0.5) is 13.2 Å². The number of nitrogens with zero attached hydrogens (tertiary/aromatic N) is 1. The summed E-state index contributed by atoms with van der Waals surface area (Å²) in [6.45, 7) is 3.50. The first kappa shape index (κ1) is 26.0. The second-order valence-corrected chi connectivity index (χ2v) is 8.57. The number of carboxylic acid groups (broad SMARTS) is 2. The predicted octanol–water partition coefficient (Wildman–Crippen LogP) is 5.92. The molecule has 8 nitrogen and oxygen atoms in total. The Balaban J connectivity index is 0.000000405. The van der Waals surface area contributed by atoms with Crippen molar-refractivity contribution < 1.29 is 37.7 Å². The molecule has 4 aromatic rings. The first-order valence-corrected chi connectivity index (χ1v) is 11.1. The quantitative estimate of drug-likeness (QED) is 0.257. The molecule has 0 radical (unpaired) electrons. The normalized spacial score (nSPS) is 12.6. The zero-order chi connectivity index (χ0) is 26.9. The third kappa shape index (κ3) is 5.84. The molecule has 0 saturated carbocycles. The monoisotopic (exact) mass is 533 g/mol. The van der Waals surface area contributed by atoms with Crippen LogP contribution in [0.1, 0.15) is 27.0 Å². The molecule has 0 amide bonds. The van der Waals surface area contributed by atoms with Crippen LogP contribution in [0.5, 0.6) is 11.8 Å². The first-order chi connectivity index (χ1) is 17.4. The van der Waals surface area contributed by atoms with Gasteiger partial charge in [0.2, 0.25) is 0 Å². The zero-order valence-corrected chi connectivity index (χ0v) is 19.9. The molecule has 0 spiro atoms. The summed E-state index contributed by atoms with van der Waals surface area (Å²) < 4.78 is 37.5. The van der Waals surface area contributed by atoms with Crippen LogP contribution >= 0.6 is 11.6 Å². The van der Waals surface area contributed by atoms with Crippen LogP contribution in [0.2, 0.25) is 5.02 Å². The summed E-state index contributed by atoms with van der Waals surface area (Å²) in [5.74, 6) is -3.36. The maximum Gasteiger partial charge on any atom is 0.490 e. The van der Waals surface area contributed by atoms with Crippen molar-refractivity contribution >= 4 is 34.6 Å². The maximum absolute atomic E-state index is 11.4. The lowest BCUT2D eigenvalue weighted by Gasteiger charge is -2.07. The average molecular weight is 534 g/mol. The summed E-state index contributed by atoms with van der Waals surface area (Å²) in [5.41, 5.74) is 6.86. The van der Waals surface area contributed by atoms with Crippen LogP contribution in [0, 0.1) is 6.92 Å². The number of hydrogen-bond donors (Lipinski definition) is 4. The van der Waals surface area contributed by atoms with Gasteiger partial charge in [0, 0.05) is 18.7 Å². The van der Waals surface area contributed by atoms with E-state index in [1.165, 1.54) is 17.2 Å². The van der Waals surface area contributed by atoms with E-state index in [1.54, 1.807) is 19.1 Å².